The second kappa shape index (κ2) is 14.5. The predicted molar refractivity (Wildman–Crippen MR) is 110 cm³/mol. The molecule has 138 valence electrons. The van der Waals surface area contributed by atoms with Gasteiger partial charge >= 0.3 is 5.97 Å². The van der Waals surface area contributed by atoms with E-state index < -0.39 is 13.2 Å². The molecule has 0 bridgehead atoms. The molecule has 0 saturated carbocycles. The normalized spacial score (nSPS) is 10.8. The zero-order valence-electron chi connectivity index (χ0n) is 16.3. The average molecular weight is 354 g/mol. The van der Waals surface area contributed by atoms with Crippen molar-refractivity contribution in [2.45, 2.75) is 66.2 Å². The summed E-state index contributed by atoms with van der Waals surface area (Å²) in [6, 6.07) is 8.30. The van der Waals surface area contributed by atoms with Crippen LogP contribution in [0, 0.1) is 0 Å². The standard InChI is InChI=1S/C14H32P.C7H6O2/c1-5-9-12-15(8-4,13-10-6-2)14-11-7-3;8-7(9)6-4-2-1-3-5-6/h5-14H2,1-4H3;1-5H,(H,8,9)/q+1;. The van der Waals surface area contributed by atoms with Gasteiger partial charge < -0.3 is 5.11 Å². The smallest absolute Gasteiger partial charge is 0.335 e. The molecule has 24 heavy (non-hydrogen) atoms. The summed E-state index contributed by atoms with van der Waals surface area (Å²) >= 11 is 0. The van der Waals surface area contributed by atoms with Gasteiger partial charge in [-0.05, 0) is 38.3 Å². The van der Waals surface area contributed by atoms with Crippen molar-refractivity contribution in [1.29, 1.82) is 0 Å². The summed E-state index contributed by atoms with van der Waals surface area (Å²) in [6.07, 6.45) is 14.9. The minimum Gasteiger partial charge on any atom is -0.478 e. The van der Waals surface area contributed by atoms with Crippen LogP contribution in [0.3, 0.4) is 0 Å². The van der Waals surface area contributed by atoms with Gasteiger partial charge in [0.25, 0.3) is 0 Å². The van der Waals surface area contributed by atoms with E-state index in [4.69, 9.17) is 5.11 Å². The van der Waals surface area contributed by atoms with Gasteiger partial charge in [-0.1, -0.05) is 58.2 Å². The average Bonchev–Trinajstić information content (AvgIpc) is 2.63. The van der Waals surface area contributed by atoms with E-state index in [9.17, 15) is 4.79 Å². The second-order valence-electron chi connectivity index (χ2n) is 6.56. The Hall–Kier alpha value is -0.880. The number of hydrogen-bond donors (Lipinski definition) is 1. The van der Waals surface area contributed by atoms with E-state index in [1.807, 2.05) is 0 Å². The molecule has 0 aliphatic rings. The van der Waals surface area contributed by atoms with Gasteiger partial charge in [0.15, 0.2) is 0 Å². The van der Waals surface area contributed by atoms with Crippen LogP contribution in [0.25, 0.3) is 0 Å². The Kier molecular flexibility index (Phi) is 13.9. The van der Waals surface area contributed by atoms with Gasteiger partial charge in [0.1, 0.15) is 0 Å². The van der Waals surface area contributed by atoms with E-state index in [-0.39, 0.29) is 0 Å². The van der Waals surface area contributed by atoms with E-state index in [1.165, 1.54) is 44.7 Å². The maximum absolute atomic E-state index is 10.2. The fourth-order valence-electron chi connectivity index (χ4n) is 2.87. The molecule has 0 fully saturated rings. The summed E-state index contributed by atoms with van der Waals surface area (Å²) in [5.74, 6) is -0.879. The predicted octanol–water partition coefficient (Wildman–Crippen LogP) is 6.81. The van der Waals surface area contributed by atoms with Crippen molar-refractivity contribution in [3.8, 4) is 0 Å². The number of benzene rings is 1. The lowest BCUT2D eigenvalue weighted by atomic mass is 10.2. The Morgan fingerprint density at radius 2 is 1.25 bits per heavy atom. The maximum Gasteiger partial charge on any atom is 0.335 e. The maximum atomic E-state index is 10.2. The summed E-state index contributed by atoms with van der Waals surface area (Å²) < 4.78 is 0. The Balaban J connectivity index is 0.000000496. The highest BCUT2D eigenvalue weighted by Gasteiger charge is 2.32. The first kappa shape index (κ1) is 23.1. The van der Waals surface area contributed by atoms with Gasteiger partial charge in [0, 0.05) is 7.26 Å². The number of unbranched alkanes of at least 4 members (excludes halogenated alkanes) is 3. The summed E-state index contributed by atoms with van der Waals surface area (Å²) in [4.78, 5) is 10.2. The van der Waals surface area contributed by atoms with Crippen molar-refractivity contribution >= 4 is 13.2 Å². The first-order chi connectivity index (χ1) is 11.5. The molecule has 0 aliphatic carbocycles. The summed E-state index contributed by atoms with van der Waals surface area (Å²) in [6.45, 7) is 9.46. The Labute approximate surface area is 150 Å². The molecule has 1 N–H and O–H groups in total. The molecule has 3 heteroatoms. The Bertz CT molecular complexity index is 395. The molecule has 2 nitrogen and oxygen atoms in total. The third-order valence-electron chi connectivity index (χ3n) is 4.65. The zero-order valence-corrected chi connectivity index (χ0v) is 17.2. The van der Waals surface area contributed by atoms with Crippen molar-refractivity contribution in [2.75, 3.05) is 24.6 Å². The largest absolute Gasteiger partial charge is 0.478 e. The molecule has 0 atom stereocenters. The number of rotatable bonds is 11. The number of carboxylic acid groups (broad SMARTS) is 1. The van der Waals surface area contributed by atoms with Crippen LogP contribution >= 0.6 is 7.26 Å². The van der Waals surface area contributed by atoms with E-state index >= 15 is 0 Å². The molecule has 0 saturated heterocycles. The molecule has 0 radical (unpaired) electrons. The Morgan fingerprint density at radius 1 is 0.833 bits per heavy atom. The zero-order chi connectivity index (χ0) is 18.3. The van der Waals surface area contributed by atoms with Crippen LogP contribution in [0.4, 0.5) is 0 Å². The first-order valence-electron chi connectivity index (χ1n) is 9.68. The second-order valence-corrected chi connectivity index (χ2v) is 11.2. The van der Waals surface area contributed by atoms with Crippen molar-refractivity contribution in [1.82, 2.24) is 0 Å². The van der Waals surface area contributed by atoms with E-state index in [2.05, 4.69) is 27.7 Å². The van der Waals surface area contributed by atoms with Crippen LogP contribution in [-0.2, 0) is 0 Å². The van der Waals surface area contributed by atoms with Gasteiger partial charge in [-0.3, -0.25) is 0 Å². The molecule has 0 aliphatic heterocycles. The highest BCUT2D eigenvalue weighted by atomic mass is 31.2. The van der Waals surface area contributed by atoms with E-state index in [1.54, 1.807) is 48.8 Å². The SMILES string of the molecule is CCCC[P+](CC)(CCCC)CCCC.O=C(O)c1ccccc1. The third-order valence-corrected chi connectivity index (χ3v) is 9.79. The fraction of sp³-hybridized carbons (Fsp3) is 0.667. The van der Waals surface area contributed by atoms with Gasteiger partial charge in [-0.2, -0.15) is 0 Å². The van der Waals surface area contributed by atoms with Gasteiger partial charge in [-0.15, -0.1) is 0 Å². The lowest BCUT2D eigenvalue weighted by Crippen LogP contribution is -2.11. The molecular formula is C21H38O2P+. The molecular weight excluding hydrogens is 315 g/mol. The van der Waals surface area contributed by atoms with E-state index in [0.717, 1.165) is 0 Å². The van der Waals surface area contributed by atoms with Gasteiger partial charge in [-0.25, -0.2) is 4.79 Å². The summed E-state index contributed by atoms with van der Waals surface area (Å²) in [5.41, 5.74) is 0.331. The molecule has 0 spiro atoms. The third kappa shape index (κ3) is 10.1. The molecule has 0 amide bonds. The lowest BCUT2D eigenvalue weighted by Gasteiger charge is -2.26. The van der Waals surface area contributed by atoms with Crippen molar-refractivity contribution in [3.63, 3.8) is 0 Å². The molecule has 1 aromatic rings. The van der Waals surface area contributed by atoms with Gasteiger partial charge in [0.2, 0.25) is 0 Å². The van der Waals surface area contributed by atoms with Gasteiger partial charge in [0.05, 0.1) is 30.2 Å². The minimum atomic E-state index is -0.879. The van der Waals surface area contributed by atoms with Crippen LogP contribution in [-0.4, -0.2) is 35.7 Å². The molecule has 1 aromatic carbocycles. The first-order valence-corrected chi connectivity index (χ1v) is 12.2. The topological polar surface area (TPSA) is 37.3 Å². The van der Waals surface area contributed by atoms with Crippen LogP contribution in [0.2, 0.25) is 0 Å². The summed E-state index contributed by atoms with van der Waals surface area (Å²) in [7, 11) is -0.527. The quantitative estimate of drug-likeness (QED) is 0.444. The summed E-state index contributed by atoms with van der Waals surface area (Å²) in [5, 5.41) is 8.38. The van der Waals surface area contributed by atoms with Crippen molar-refractivity contribution in [2.24, 2.45) is 0 Å². The van der Waals surface area contributed by atoms with Crippen molar-refractivity contribution < 1.29 is 9.90 Å². The number of aromatic carboxylic acids is 1. The van der Waals surface area contributed by atoms with Crippen LogP contribution in [0.5, 0.6) is 0 Å². The Morgan fingerprint density at radius 3 is 1.50 bits per heavy atom. The number of carboxylic acids is 1. The van der Waals surface area contributed by atoms with Crippen LogP contribution in [0.1, 0.15) is 76.6 Å². The van der Waals surface area contributed by atoms with E-state index in [0.29, 0.717) is 5.56 Å². The fourth-order valence-corrected chi connectivity index (χ4v) is 7.45. The lowest BCUT2D eigenvalue weighted by molar-refractivity contribution is 0.0697. The number of carbonyl (C=O) groups is 1. The number of hydrogen-bond acceptors (Lipinski definition) is 1. The molecule has 0 heterocycles. The highest BCUT2D eigenvalue weighted by molar-refractivity contribution is 7.75. The minimum absolute atomic E-state index is 0.331. The monoisotopic (exact) mass is 353 g/mol. The highest BCUT2D eigenvalue weighted by Crippen LogP contribution is 2.60. The van der Waals surface area contributed by atoms with Crippen molar-refractivity contribution in [3.05, 3.63) is 35.9 Å². The molecule has 0 aromatic heterocycles. The van der Waals surface area contributed by atoms with Crippen LogP contribution in [0.15, 0.2) is 30.3 Å². The molecule has 0 unspecified atom stereocenters. The molecule has 1 rings (SSSR count). The van der Waals surface area contributed by atoms with Crippen LogP contribution < -0.4 is 0 Å².